The number of carbonyl (C=O) groups is 1. The Morgan fingerprint density at radius 3 is 2.55 bits per heavy atom. The summed E-state index contributed by atoms with van der Waals surface area (Å²) in [4.78, 5) is 15.7. The molecular formula is C15H21FN2O2. The monoisotopic (exact) mass is 280 g/mol. The SMILES string of the molecule is CC(O)c1ccc(N2CCN(C)C(=O)C2(C)C)c(F)c1. The van der Waals surface area contributed by atoms with Gasteiger partial charge < -0.3 is 14.9 Å². The van der Waals surface area contributed by atoms with Crippen molar-refractivity contribution in [2.45, 2.75) is 32.4 Å². The van der Waals surface area contributed by atoms with E-state index in [9.17, 15) is 14.3 Å². The molecule has 1 aromatic rings. The van der Waals surface area contributed by atoms with E-state index in [1.165, 1.54) is 6.07 Å². The molecule has 1 aliphatic heterocycles. The predicted octanol–water partition coefficient (Wildman–Crippen LogP) is 1.94. The van der Waals surface area contributed by atoms with E-state index in [0.29, 0.717) is 24.3 Å². The molecule has 20 heavy (non-hydrogen) atoms. The Balaban J connectivity index is 2.39. The number of aliphatic hydroxyl groups is 1. The number of hydrogen-bond donors (Lipinski definition) is 1. The zero-order valence-corrected chi connectivity index (χ0v) is 12.4. The van der Waals surface area contributed by atoms with Crippen molar-refractivity contribution in [2.24, 2.45) is 0 Å². The highest BCUT2D eigenvalue weighted by Crippen LogP contribution is 2.31. The van der Waals surface area contributed by atoms with Crippen molar-refractivity contribution in [3.8, 4) is 0 Å². The average molecular weight is 280 g/mol. The van der Waals surface area contributed by atoms with Gasteiger partial charge >= 0.3 is 0 Å². The van der Waals surface area contributed by atoms with Gasteiger partial charge in [-0.2, -0.15) is 0 Å². The van der Waals surface area contributed by atoms with Crippen molar-refractivity contribution in [3.63, 3.8) is 0 Å². The van der Waals surface area contributed by atoms with Crippen LogP contribution in [0.25, 0.3) is 0 Å². The smallest absolute Gasteiger partial charge is 0.247 e. The molecule has 1 unspecified atom stereocenters. The van der Waals surface area contributed by atoms with Crippen LogP contribution in [0.2, 0.25) is 0 Å². The number of nitrogens with zero attached hydrogens (tertiary/aromatic N) is 2. The molecule has 2 rings (SSSR count). The number of benzene rings is 1. The van der Waals surface area contributed by atoms with Gasteiger partial charge in [-0.1, -0.05) is 6.07 Å². The minimum atomic E-state index is -0.778. The Hall–Kier alpha value is -1.62. The molecule has 0 radical (unpaired) electrons. The van der Waals surface area contributed by atoms with Crippen molar-refractivity contribution in [3.05, 3.63) is 29.6 Å². The maximum absolute atomic E-state index is 14.3. The third kappa shape index (κ3) is 2.38. The van der Waals surface area contributed by atoms with Crippen molar-refractivity contribution in [1.82, 2.24) is 4.90 Å². The molecule has 0 aromatic heterocycles. The summed E-state index contributed by atoms with van der Waals surface area (Å²) in [5.74, 6) is -0.434. The third-order valence-electron chi connectivity index (χ3n) is 3.95. The van der Waals surface area contributed by atoms with E-state index in [0.717, 1.165) is 0 Å². The van der Waals surface area contributed by atoms with E-state index in [-0.39, 0.29) is 5.91 Å². The van der Waals surface area contributed by atoms with Crippen LogP contribution in [-0.2, 0) is 4.79 Å². The Morgan fingerprint density at radius 2 is 2.00 bits per heavy atom. The number of aliphatic hydroxyl groups excluding tert-OH is 1. The Kier molecular flexibility index (Phi) is 3.73. The Morgan fingerprint density at radius 1 is 1.35 bits per heavy atom. The highest BCUT2D eigenvalue weighted by molar-refractivity contribution is 5.90. The molecule has 1 saturated heterocycles. The van der Waals surface area contributed by atoms with Crippen molar-refractivity contribution in [2.75, 3.05) is 25.0 Å². The summed E-state index contributed by atoms with van der Waals surface area (Å²) in [6.07, 6.45) is -0.708. The van der Waals surface area contributed by atoms with Crippen LogP contribution in [-0.4, -0.2) is 41.6 Å². The van der Waals surface area contributed by atoms with Crippen molar-refractivity contribution in [1.29, 1.82) is 0 Å². The molecule has 1 atom stereocenters. The van der Waals surface area contributed by atoms with Crippen LogP contribution in [0.15, 0.2) is 18.2 Å². The number of carbonyl (C=O) groups excluding carboxylic acids is 1. The third-order valence-corrected chi connectivity index (χ3v) is 3.95. The van der Waals surface area contributed by atoms with Gasteiger partial charge in [0.25, 0.3) is 0 Å². The molecule has 0 aliphatic carbocycles. The first-order chi connectivity index (χ1) is 9.25. The summed E-state index contributed by atoms with van der Waals surface area (Å²) in [6, 6.07) is 4.67. The van der Waals surface area contributed by atoms with Crippen LogP contribution in [0.1, 0.15) is 32.4 Å². The van der Waals surface area contributed by atoms with Gasteiger partial charge in [-0.05, 0) is 38.5 Å². The second kappa shape index (κ2) is 5.05. The van der Waals surface area contributed by atoms with Gasteiger partial charge in [0.1, 0.15) is 11.4 Å². The fourth-order valence-electron chi connectivity index (χ4n) is 2.64. The van der Waals surface area contributed by atoms with Crippen LogP contribution in [0.4, 0.5) is 10.1 Å². The largest absolute Gasteiger partial charge is 0.389 e. The van der Waals surface area contributed by atoms with Crippen molar-refractivity contribution >= 4 is 11.6 Å². The summed E-state index contributed by atoms with van der Waals surface area (Å²) >= 11 is 0. The number of rotatable bonds is 2. The molecule has 110 valence electrons. The number of anilines is 1. The van der Waals surface area contributed by atoms with Crippen molar-refractivity contribution < 1.29 is 14.3 Å². The van der Waals surface area contributed by atoms with E-state index < -0.39 is 17.5 Å². The number of amides is 1. The normalized spacial score (nSPS) is 20.2. The minimum absolute atomic E-state index is 0.0252. The maximum atomic E-state index is 14.3. The molecule has 4 nitrogen and oxygen atoms in total. The van der Waals surface area contributed by atoms with Gasteiger partial charge in [-0.25, -0.2) is 4.39 Å². The first kappa shape index (κ1) is 14.8. The highest BCUT2D eigenvalue weighted by atomic mass is 19.1. The van der Waals surface area contributed by atoms with E-state index in [2.05, 4.69) is 0 Å². The summed E-state index contributed by atoms with van der Waals surface area (Å²) in [7, 11) is 1.76. The van der Waals surface area contributed by atoms with E-state index in [1.54, 1.807) is 49.8 Å². The lowest BCUT2D eigenvalue weighted by molar-refractivity contribution is -0.136. The second-order valence-electron chi connectivity index (χ2n) is 5.82. The zero-order valence-electron chi connectivity index (χ0n) is 12.4. The van der Waals surface area contributed by atoms with Crippen LogP contribution in [0.3, 0.4) is 0 Å². The van der Waals surface area contributed by atoms with Gasteiger partial charge in [0.2, 0.25) is 5.91 Å². The molecule has 0 saturated carbocycles. The fraction of sp³-hybridized carbons (Fsp3) is 0.533. The molecule has 0 bridgehead atoms. The lowest BCUT2D eigenvalue weighted by Crippen LogP contribution is -2.62. The van der Waals surface area contributed by atoms with Gasteiger partial charge in [0.15, 0.2) is 0 Å². The minimum Gasteiger partial charge on any atom is -0.389 e. The second-order valence-corrected chi connectivity index (χ2v) is 5.82. The molecule has 5 heteroatoms. The van der Waals surface area contributed by atoms with E-state index in [4.69, 9.17) is 0 Å². The molecule has 1 aromatic carbocycles. The summed E-state index contributed by atoms with van der Waals surface area (Å²) in [5, 5.41) is 9.49. The molecular weight excluding hydrogens is 259 g/mol. The maximum Gasteiger partial charge on any atom is 0.247 e. The van der Waals surface area contributed by atoms with Gasteiger partial charge in [0, 0.05) is 20.1 Å². The fourth-order valence-corrected chi connectivity index (χ4v) is 2.64. The topological polar surface area (TPSA) is 43.8 Å². The number of likely N-dealkylation sites (N-methyl/N-ethyl adjacent to an activating group) is 1. The van der Waals surface area contributed by atoms with Gasteiger partial charge in [-0.3, -0.25) is 4.79 Å². The van der Waals surface area contributed by atoms with Crippen LogP contribution in [0.5, 0.6) is 0 Å². The average Bonchev–Trinajstić information content (AvgIpc) is 2.37. The standard InChI is InChI=1S/C15H21FN2O2/c1-10(19)11-5-6-13(12(16)9-11)18-8-7-17(4)14(20)15(18,2)3/h5-6,9-10,19H,7-8H2,1-4H3. The highest BCUT2D eigenvalue weighted by Gasteiger charge is 2.41. The zero-order chi connectivity index (χ0) is 15.1. The quantitative estimate of drug-likeness (QED) is 0.900. The number of hydrogen-bond acceptors (Lipinski definition) is 3. The van der Waals surface area contributed by atoms with Gasteiger partial charge in [0.05, 0.1) is 11.8 Å². The van der Waals surface area contributed by atoms with E-state index >= 15 is 0 Å². The van der Waals surface area contributed by atoms with E-state index in [1.807, 2.05) is 0 Å². The lowest BCUT2D eigenvalue weighted by Gasteiger charge is -2.46. The molecule has 1 heterocycles. The Bertz CT molecular complexity index is 529. The lowest BCUT2D eigenvalue weighted by atomic mass is 9.96. The molecule has 1 amide bonds. The van der Waals surface area contributed by atoms with Crippen LogP contribution >= 0.6 is 0 Å². The summed E-state index contributed by atoms with van der Waals surface area (Å²) < 4.78 is 14.3. The summed E-state index contributed by atoms with van der Waals surface area (Å²) in [5.41, 5.74) is 0.158. The van der Waals surface area contributed by atoms with Crippen LogP contribution in [0, 0.1) is 5.82 Å². The van der Waals surface area contributed by atoms with Gasteiger partial charge in [-0.15, -0.1) is 0 Å². The first-order valence-electron chi connectivity index (χ1n) is 6.76. The molecule has 1 N–H and O–H groups in total. The number of halogens is 1. The molecule has 1 fully saturated rings. The molecule has 0 spiro atoms. The molecule has 1 aliphatic rings. The first-order valence-corrected chi connectivity index (χ1v) is 6.76. The Labute approximate surface area is 118 Å². The summed E-state index contributed by atoms with van der Waals surface area (Å²) in [6.45, 7) is 6.35. The number of piperazine rings is 1. The van der Waals surface area contributed by atoms with Crippen LogP contribution < -0.4 is 4.90 Å². The predicted molar refractivity (Wildman–Crippen MR) is 76.1 cm³/mol.